The molecule has 164 valence electrons. The number of aromatic nitrogens is 2. The highest BCUT2D eigenvalue weighted by molar-refractivity contribution is 7.17. The van der Waals surface area contributed by atoms with E-state index in [4.69, 9.17) is 26.1 Å². The summed E-state index contributed by atoms with van der Waals surface area (Å²) in [5.41, 5.74) is 4.54. The molecule has 0 saturated heterocycles. The number of imidazole rings is 1. The van der Waals surface area contributed by atoms with Gasteiger partial charge < -0.3 is 19.8 Å². The largest absolute Gasteiger partial charge is 0.493 e. The van der Waals surface area contributed by atoms with Crippen molar-refractivity contribution in [2.24, 2.45) is 0 Å². The van der Waals surface area contributed by atoms with Crippen LogP contribution in [0, 0.1) is 0 Å². The summed E-state index contributed by atoms with van der Waals surface area (Å²) >= 11 is 7.95. The van der Waals surface area contributed by atoms with Gasteiger partial charge in [-0.2, -0.15) is 0 Å². The Kier molecular flexibility index (Phi) is 5.53. The maximum Gasteiger partial charge on any atom is 0.256 e. The molecule has 6 nitrogen and oxygen atoms in total. The number of carbonyl (C=O) groups is 1. The number of benzene rings is 2. The van der Waals surface area contributed by atoms with Gasteiger partial charge in [0, 0.05) is 10.4 Å². The minimum absolute atomic E-state index is 0.260. The smallest absolute Gasteiger partial charge is 0.256 e. The first-order valence-electron chi connectivity index (χ1n) is 10.4. The van der Waals surface area contributed by atoms with Crippen LogP contribution in [0.15, 0.2) is 36.4 Å². The van der Waals surface area contributed by atoms with E-state index in [1.54, 1.807) is 23.5 Å². The monoisotopic (exact) mass is 467 g/mol. The van der Waals surface area contributed by atoms with Crippen LogP contribution in [0.1, 0.15) is 33.6 Å². The van der Waals surface area contributed by atoms with Crippen LogP contribution in [-0.4, -0.2) is 30.1 Å². The summed E-state index contributed by atoms with van der Waals surface area (Å²) in [4.78, 5) is 22.8. The van der Waals surface area contributed by atoms with Gasteiger partial charge in [-0.1, -0.05) is 23.7 Å². The molecule has 0 unspecified atom stereocenters. The summed E-state index contributed by atoms with van der Waals surface area (Å²) in [5, 5.41) is 4.22. The summed E-state index contributed by atoms with van der Waals surface area (Å²) in [5.74, 6) is 1.34. The highest BCUT2D eigenvalue weighted by atomic mass is 35.5. The van der Waals surface area contributed by atoms with Gasteiger partial charge in [0.05, 0.1) is 35.8 Å². The standard InChI is InChI=1S/C24H22ClN3O3S/c1-30-18-12-13(11-15(25)21(18)31-2)23(29)28-24-20(14-7-3-6-10-19(14)32-24)22-26-16-8-4-5-9-17(16)27-22/h4-5,8-9,11-12H,3,6-7,10H2,1-2H3,(H,26,27)(H,28,29). The summed E-state index contributed by atoms with van der Waals surface area (Å²) in [6.45, 7) is 0. The lowest BCUT2D eigenvalue weighted by molar-refractivity contribution is 0.102. The van der Waals surface area contributed by atoms with E-state index in [0.717, 1.165) is 53.1 Å². The normalized spacial score (nSPS) is 13.1. The number of H-pyrrole nitrogens is 1. The fourth-order valence-corrected chi connectivity index (χ4v) is 5.77. The lowest BCUT2D eigenvalue weighted by atomic mass is 9.95. The second-order valence-electron chi connectivity index (χ2n) is 7.67. The molecule has 2 aromatic heterocycles. The molecular weight excluding hydrogens is 446 g/mol. The van der Waals surface area contributed by atoms with Gasteiger partial charge in [0.25, 0.3) is 5.91 Å². The van der Waals surface area contributed by atoms with E-state index in [1.165, 1.54) is 24.7 Å². The Morgan fingerprint density at radius 1 is 1.16 bits per heavy atom. The molecule has 0 fully saturated rings. The van der Waals surface area contributed by atoms with Crippen molar-refractivity contribution in [3.8, 4) is 22.9 Å². The molecule has 0 spiro atoms. The lowest BCUT2D eigenvalue weighted by Crippen LogP contribution is -2.12. The summed E-state index contributed by atoms with van der Waals surface area (Å²) in [7, 11) is 3.03. The maximum atomic E-state index is 13.2. The molecule has 32 heavy (non-hydrogen) atoms. The van der Waals surface area contributed by atoms with Gasteiger partial charge in [-0.3, -0.25) is 4.79 Å². The molecule has 1 aliphatic rings. The Morgan fingerprint density at radius 3 is 2.75 bits per heavy atom. The molecule has 2 aromatic carbocycles. The van der Waals surface area contributed by atoms with Crippen LogP contribution in [0.4, 0.5) is 5.00 Å². The van der Waals surface area contributed by atoms with Gasteiger partial charge in [-0.05, 0) is 55.5 Å². The second-order valence-corrected chi connectivity index (χ2v) is 9.18. The van der Waals surface area contributed by atoms with E-state index < -0.39 is 0 Å². The molecule has 0 atom stereocenters. The minimum atomic E-state index is -0.260. The first-order valence-corrected chi connectivity index (χ1v) is 11.6. The van der Waals surface area contributed by atoms with Crippen molar-refractivity contribution >= 4 is 44.9 Å². The zero-order chi connectivity index (χ0) is 22.2. The molecule has 0 saturated carbocycles. The van der Waals surface area contributed by atoms with Crippen molar-refractivity contribution < 1.29 is 14.3 Å². The number of carbonyl (C=O) groups excluding carboxylic acids is 1. The van der Waals surface area contributed by atoms with Crippen molar-refractivity contribution in [2.45, 2.75) is 25.7 Å². The zero-order valence-electron chi connectivity index (χ0n) is 17.8. The van der Waals surface area contributed by atoms with Crippen molar-refractivity contribution in [1.29, 1.82) is 0 Å². The Morgan fingerprint density at radius 2 is 1.97 bits per heavy atom. The maximum absolute atomic E-state index is 13.2. The van der Waals surface area contributed by atoms with Gasteiger partial charge in [-0.15, -0.1) is 11.3 Å². The molecule has 5 rings (SSSR count). The fourth-order valence-electron chi connectivity index (χ4n) is 4.20. The van der Waals surface area contributed by atoms with Crippen molar-refractivity contribution in [2.75, 3.05) is 19.5 Å². The summed E-state index contributed by atoms with van der Waals surface area (Å²) < 4.78 is 10.6. The van der Waals surface area contributed by atoms with E-state index >= 15 is 0 Å². The minimum Gasteiger partial charge on any atom is -0.493 e. The number of hydrogen-bond donors (Lipinski definition) is 2. The second kappa shape index (κ2) is 8.48. The molecule has 2 N–H and O–H groups in total. The van der Waals surface area contributed by atoms with E-state index in [0.29, 0.717) is 22.1 Å². The highest BCUT2D eigenvalue weighted by Gasteiger charge is 2.26. The number of amides is 1. The van der Waals surface area contributed by atoms with Crippen LogP contribution in [0.25, 0.3) is 22.4 Å². The number of ether oxygens (including phenoxy) is 2. The predicted molar refractivity (Wildman–Crippen MR) is 129 cm³/mol. The van der Waals surface area contributed by atoms with Crippen molar-refractivity contribution in [3.63, 3.8) is 0 Å². The SMILES string of the molecule is COc1cc(C(=O)Nc2sc3c(c2-c2nc4ccccc4[nH]2)CCCC3)cc(Cl)c1OC. The Labute approximate surface area is 194 Å². The first-order chi connectivity index (χ1) is 15.6. The summed E-state index contributed by atoms with van der Waals surface area (Å²) in [6, 6.07) is 11.2. The van der Waals surface area contributed by atoms with E-state index in [-0.39, 0.29) is 5.91 Å². The van der Waals surface area contributed by atoms with Crippen LogP contribution < -0.4 is 14.8 Å². The predicted octanol–water partition coefficient (Wildman–Crippen LogP) is 6.09. The number of nitrogens with zero attached hydrogens (tertiary/aromatic N) is 1. The number of fused-ring (bicyclic) bond motifs is 2. The number of aryl methyl sites for hydroxylation is 1. The molecular formula is C24H22ClN3O3S. The zero-order valence-corrected chi connectivity index (χ0v) is 19.3. The first kappa shape index (κ1) is 20.8. The van der Waals surface area contributed by atoms with Crippen LogP contribution in [-0.2, 0) is 12.8 Å². The van der Waals surface area contributed by atoms with Crippen LogP contribution in [0.5, 0.6) is 11.5 Å². The van der Waals surface area contributed by atoms with Crippen molar-refractivity contribution in [3.05, 3.63) is 57.4 Å². The molecule has 0 bridgehead atoms. The number of thiophene rings is 1. The lowest BCUT2D eigenvalue weighted by Gasteiger charge is -2.13. The number of para-hydroxylation sites is 2. The van der Waals surface area contributed by atoms with Gasteiger partial charge in [0.15, 0.2) is 11.5 Å². The quantitative estimate of drug-likeness (QED) is 0.372. The molecule has 1 amide bonds. The van der Waals surface area contributed by atoms with Gasteiger partial charge in [0.1, 0.15) is 10.8 Å². The third-order valence-electron chi connectivity index (χ3n) is 5.72. The Bertz CT molecular complexity index is 1290. The molecule has 0 aliphatic heterocycles. The van der Waals surface area contributed by atoms with Gasteiger partial charge in [-0.25, -0.2) is 4.98 Å². The summed E-state index contributed by atoms with van der Waals surface area (Å²) in [6.07, 6.45) is 4.29. The number of aromatic amines is 1. The number of halogens is 1. The van der Waals surface area contributed by atoms with Gasteiger partial charge >= 0.3 is 0 Å². The van der Waals surface area contributed by atoms with Crippen LogP contribution >= 0.6 is 22.9 Å². The van der Waals surface area contributed by atoms with Crippen LogP contribution in [0.3, 0.4) is 0 Å². The number of methoxy groups -OCH3 is 2. The molecule has 8 heteroatoms. The average Bonchev–Trinajstić information content (AvgIpc) is 3.38. The number of rotatable bonds is 5. The topological polar surface area (TPSA) is 76.2 Å². The number of hydrogen-bond acceptors (Lipinski definition) is 5. The number of anilines is 1. The third kappa shape index (κ3) is 3.61. The Balaban J connectivity index is 1.56. The third-order valence-corrected chi connectivity index (χ3v) is 7.21. The van der Waals surface area contributed by atoms with E-state index in [9.17, 15) is 4.79 Å². The van der Waals surface area contributed by atoms with Crippen molar-refractivity contribution in [1.82, 2.24) is 9.97 Å². The van der Waals surface area contributed by atoms with Crippen LogP contribution in [0.2, 0.25) is 5.02 Å². The highest BCUT2D eigenvalue weighted by Crippen LogP contribution is 2.44. The molecule has 0 radical (unpaired) electrons. The number of nitrogens with one attached hydrogen (secondary N) is 2. The fraction of sp³-hybridized carbons (Fsp3) is 0.250. The van der Waals surface area contributed by atoms with Gasteiger partial charge in [0.2, 0.25) is 0 Å². The molecule has 4 aromatic rings. The molecule has 1 aliphatic carbocycles. The van der Waals surface area contributed by atoms with E-state index in [2.05, 4.69) is 10.3 Å². The van der Waals surface area contributed by atoms with E-state index in [1.807, 2.05) is 24.3 Å². The average molecular weight is 468 g/mol. The Hall–Kier alpha value is -3.03. The molecule has 2 heterocycles.